The van der Waals surface area contributed by atoms with Crippen molar-refractivity contribution >= 4 is 5.97 Å². The highest BCUT2D eigenvalue weighted by Crippen LogP contribution is 2.19. The summed E-state index contributed by atoms with van der Waals surface area (Å²) >= 11 is 0. The predicted molar refractivity (Wildman–Crippen MR) is 142 cm³/mol. The summed E-state index contributed by atoms with van der Waals surface area (Å²) in [7, 11) is 0. The Kier molecular flexibility index (Phi) is 14.9. The summed E-state index contributed by atoms with van der Waals surface area (Å²) in [6.45, 7) is 4.46. The molecule has 0 spiro atoms. The van der Waals surface area contributed by atoms with Crippen LogP contribution in [0.25, 0.3) is 11.4 Å². The van der Waals surface area contributed by atoms with Gasteiger partial charge in [-0.05, 0) is 24.8 Å². The van der Waals surface area contributed by atoms with Crippen LogP contribution in [0.1, 0.15) is 122 Å². The molecule has 34 heavy (non-hydrogen) atoms. The summed E-state index contributed by atoms with van der Waals surface area (Å²) in [6, 6.07) is 8.53. The van der Waals surface area contributed by atoms with Crippen LogP contribution in [0.15, 0.2) is 36.7 Å². The van der Waals surface area contributed by atoms with E-state index in [1.54, 1.807) is 12.4 Å². The van der Waals surface area contributed by atoms with Gasteiger partial charge in [0.15, 0.2) is 11.6 Å². The van der Waals surface area contributed by atoms with Gasteiger partial charge in [0, 0.05) is 12.0 Å². The molecule has 1 aromatic heterocycles. The van der Waals surface area contributed by atoms with E-state index in [0.717, 1.165) is 24.8 Å². The predicted octanol–water partition coefficient (Wildman–Crippen LogP) is 8.87. The third-order valence-electron chi connectivity index (χ3n) is 6.38. The summed E-state index contributed by atoms with van der Waals surface area (Å²) in [6.07, 6.45) is 24.0. The van der Waals surface area contributed by atoms with Gasteiger partial charge < -0.3 is 4.74 Å². The number of rotatable bonds is 19. The largest absolute Gasteiger partial charge is 0.423 e. The van der Waals surface area contributed by atoms with Gasteiger partial charge in [0.05, 0.1) is 12.4 Å². The average Bonchev–Trinajstić information content (AvgIpc) is 2.86. The van der Waals surface area contributed by atoms with Crippen molar-refractivity contribution in [3.05, 3.63) is 42.2 Å². The zero-order chi connectivity index (χ0) is 24.3. The van der Waals surface area contributed by atoms with E-state index in [2.05, 4.69) is 48.1 Å². The second-order valence-corrected chi connectivity index (χ2v) is 9.51. The highest BCUT2D eigenvalue weighted by Gasteiger charge is 2.07. The summed E-state index contributed by atoms with van der Waals surface area (Å²) in [5.41, 5.74) is 2.36. The molecule has 1 aromatic carbocycles. The van der Waals surface area contributed by atoms with Crippen LogP contribution in [0, 0.1) is 0 Å². The zero-order valence-electron chi connectivity index (χ0n) is 21.7. The van der Waals surface area contributed by atoms with Gasteiger partial charge in [0.2, 0.25) is 0 Å². The highest BCUT2D eigenvalue weighted by molar-refractivity contribution is 5.72. The minimum Gasteiger partial charge on any atom is -0.423 e. The number of ether oxygens (including phenoxy) is 1. The highest BCUT2D eigenvalue weighted by atomic mass is 16.5. The van der Waals surface area contributed by atoms with Gasteiger partial charge in [-0.2, -0.15) is 0 Å². The Bertz CT molecular complexity index is 771. The molecule has 4 heteroatoms. The van der Waals surface area contributed by atoms with Gasteiger partial charge in [-0.15, -0.1) is 0 Å². The number of hydrogen-bond acceptors (Lipinski definition) is 4. The van der Waals surface area contributed by atoms with E-state index in [9.17, 15) is 4.79 Å². The summed E-state index contributed by atoms with van der Waals surface area (Å²) in [4.78, 5) is 20.8. The number of carbonyl (C=O) groups is 1. The fraction of sp³-hybridized carbons (Fsp3) is 0.633. The van der Waals surface area contributed by atoms with Crippen molar-refractivity contribution in [1.82, 2.24) is 9.97 Å². The van der Waals surface area contributed by atoms with E-state index < -0.39 is 0 Å². The number of aryl methyl sites for hydroxylation is 1. The van der Waals surface area contributed by atoms with Crippen LogP contribution in [-0.4, -0.2) is 15.9 Å². The van der Waals surface area contributed by atoms with Crippen LogP contribution in [0.3, 0.4) is 0 Å². The van der Waals surface area contributed by atoms with Crippen molar-refractivity contribution in [3.8, 4) is 17.1 Å². The van der Waals surface area contributed by atoms with Crippen LogP contribution in [0.5, 0.6) is 5.75 Å². The normalized spacial score (nSPS) is 11.0. The quantitative estimate of drug-likeness (QED) is 0.153. The Morgan fingerprint density at radius 2 is 1.18 bits per heavy atom. The molecule has 0 atom stereocenters. The molecule has 1 heterocycles. The first kappa shape index (κ1) is 28.0. The molecule has 0 N–H and O–H groups in total. The lowest BCUT2D eigenvalue weighted by Gasteiger charge is -2.06. The number of esters is 1. The zero-order valence-corrected chi connectivity index (χ0v) is 21.7. The number of aromatic nitrogens is 2. The van der Waals surface area contributed by atoms with Gasteiger partial charge >= 0.3 is 5.97 Å². The van der Waals surface area contributed by atoms with Crippen LogP contribution in [0.4, 0.5) is 0 Å². The van der Waals surface area contributed by atoms with Crippen molar-refractivity contribution < 1.29 is 9.53 Å². The lowest BCUT2D eigenvalue weighted by Crippen LogP contribution is -2.08. The Labute approximate surface area is 208 Å². The molecule has 2 rings (SSSR count). The van der Waals surface area contributed by atoms with Crippen molar-refractivity contribution in [3.63, 3.8) is 0 Å². The molecule has 188 valence electrons. The molecular weight excluding hydrogens is 420 g/mol. The SMILES string of the molecule is CCCCCCCCCCCCc1ccc(-c2ncc(OC(=O)CCCCCCC)cn2)cc1. The first-order chi connectivity index (χ1) is 16.7. The Morgan fingerprint density at radius 3 is 1.74 bits per heavy atom. The van der Waals surface area contributed by atoms with Crippen LogP contribution in [0.2, 0.25) is 0 Å². The van der Waals surface area contributed by atoms with Gasteiger partial charge in [0.1, 0.15) is 0 Å². The van der Waals surface area contributed by atoms with Gasteiger partial charge in [-0.3, -0.25) is 4.79 Å². The minimum absolute atomic E-state index is 0.204. The molecular formula is C30H46N2O2. The van der Waals surface area contributed by atoms with Gasteiger partial charge in [-0.1, -0.05) is 122 Å². The number of hydrogen-bond donors (Lipinski definition) is 0. The fourth-order valence-corrected chi connectivity index (χ4v) is 4.21. The number of nitrogens with zero attached hydrogens (tertiary/aromatic N) is 2. The Balaban J connectivity index is 1.63. The van der Waals surface area contributed by atoms with Crippen LogP contribution >= 0.6 is 0 Å². The molecule has 0 unspecified atom stereocenters. The summed E-state index contributed by atoms with van der Waals surface area (Å²) in [5.74, 6) is 0.869. The average molecular weight is 467 g/mol. The maximum atomic E-state index is 12.0. The lowest BCUT2D eigenvalue weighted by molar-refractivity contribution is -0.134. The molecule has 0 aliphatic rings. The van der Waals surface area contributed by atoms with Crippen LogP contribution in [-0.2, 0) is 11.2 Å². The van der Waals surface area contributed by atoms with E-state index in [4.69, 9.17) is 4.74 Å². The van der Waals surface area contributed by atoms with Crippen molar-refractivity contribution in [2.75, 3.05) is 0 Å². The van der Waals surface area contributed by atoms with Crippen LogP contribution < -0.4 is 4.74 Å². The van der Waals surface area contributed by atoms with Gasteiger partial charge in [0.25, 0.3) is 0 Å². The molecule has 0 aliphatic carbocycles. The lowest BCUT2D eigenvalue weighted by atomic mass is 10.0. The molecule has 2 aromatic rings. The smallest absolute Gasteiger partial charge is 0.311 e. The monoisotopic (exact) mass is 466 g/mol. The second-order valence-electron chi connectivity index (χ2n) is 9.51. The van der Waals surface area contributed by atoms with Gasteiger partial charge in [-0.25, -0.2) is 9.97 Å². The molecule has 0 radical (unpaired) electrons. The van der Waals surface area contributed by atoms with E-state index in [-0.39, 0.29) is 5.97 Å². The molecule has 0 aliphatic heterocycles. The fourth-order valence-electron chi connectivity index (χ4n) is 4.21. The van der Waals surface area contributed by atoms with Crippen molar-refractivity contribution in [2.24, 2.45) is 0 Å². The van der Waals surface area contributed by atoms with E-state index >= 15 is 0 Å². The Morgan fingerprint density at radius 1 is 0.676 bits per heavy atom. The second kappa shape index (κ2) is 18.1. The van der Waals surface area contributed by atoms with E-state index in [1.165, 1.54) is 89.0 Å². The molecule has 0 fully saturated rings. The maximum absolute atomic E-state index is 12.0. The third-order valence-corrected chi connectivity index (χ3v) is 6.38. The van der Waals surface area contributed by atoms with Crippen molar-refractivity contribution in [2.45, 2.75) is 123 Å². The Hall–Kier alpha value is -2.23. The molecule has 4 nitrogen and oxygen atoms in total. The standard InChI is InChI=1S/C30H46N2O2/c1-3-5-7-9-10-11-12-13-15-16-18-26-20-22-27(23-21-26)30-31-24-28(25-32-30)34-29(33)19-17-14-8-6-4-2/h20-25H,3-19H2,1-2H3. The van der Waals surface area contributed by atoms with E-state index in [0.29, 0.717) is 18.0 Å². The molecule has 0 saturated heterocycles. The maximum Gasteiger partial charge on any atom is 0.311 e. The topological polar surface area (TPSA) is 52.1 Å². The molecule has 0 saturated carbocycles. The number of unbranched alkanes of at least 4 members (excludes halogenated alkanes) is 13. The number of carbonyl (C=O) groups excluding carboxylic acids is 1. The first-order valence-electron chi connectivity index (χ1n) is 13.8. The van der Waals surface area contributed by atoms with E-state index in [1.807, 2.05) is 0 Å². The molecule has 0 amide bonds. The summed E-state index contributed by atoms with van der Waals surface area (Å²) < 4.78 is 5.37. The third kappa shape index (κ3) is 12.3. The molecule has 0 bridgehead atoms. The number of benzene rings is 1. The summed E-state index contributed by atoms with van der Waals surface area (Å²) in [5, 5.41) is 0. The minimum atomic E-state index is -0.204. The van der Waals surface area contributed by atoms with Crippen molar-refractivity contribution in [1.29, 1.82) is 0 Å². The first-order valence-corrected chi connectivity index (χ1v) is 13.8.